The van der Waals surface area contributed by atoms with Gasteiger partial charge in [-0.1, -0.05) is 30.3 Å². The maximum absolute atomic E-state index is 12.3. The quantitative estimate of drug-likeness (QED) is 0.841. The van der Waals surface area contributed by atoms with Gasteiger partial charge in [0.1, 0.15) is 5.69 Å². The number of nitrogens with one attached hydrogen (secondary N) is 1. The van der Waals surface area contributed by atoms with E-state index in [9.17, 15) is 9.59 Å². The van der Waals surface area contributed by atoms with Crippen LogP contribution < -0.4 is 5.32 Å². The van der Waals surface area contributed by atoms with Crippen LogP contribution in [-0.2, 0) is 0 Å². The fourth-order valence-corrected chi connectivity index (χ4v) is 1.64. The van der Waals surface area contributed by atoms with Gasteiger partial charge < -0.3 is 10.4 Å². The maximum atomic E-state index is 12.3. The smallest absolute Gasteiger partial charge is 0.356 e. The summed E-state index contributed by atoms with van der Waals surface area (Å²) in [5.41, 5.74) is 1.01. The largest absolute Gasteiger partial charge is 0.476 e. The number of hydrogen-bond acceptors (Lipinski definition) is 5. The van der Waals surface area contributed by atoms with Crippen LogP contribution >= 0.6 is 0 Å². The summed E-state index contributed by atoms with van der Waals surface area (Å²) in [5, 5.41) is 11.9. The summed E-state index contributed by atoms with van der Waals surface area (Å²) in [7, 11) is 3.75. The molecule has 22 heavy (non-hydrogen) atoms. The number of aromatic nitrogens is 2. The summed E-state index contributed by atoms with van der Waals surface area (Å²) in [6.07, 6.45) is 0. The van der Waals surface area contributed by atoms with Crippen molar-refractivity contribution < 1.29 is 14.7 Å². The molecule has 6 nitrogen and oxygen atoms in total. The fraction of sp³-hybridized carbons (Fsp3) is 0.250. The molecule has 0 saturated heterocycles. The van der Waals surface area contributed by atoms with Crippen molar-refractivity contribution in [1.29, 1.82) is 0 Å². The van der Waals surface area contributed by atoms with E-state index < -0.39 is 11.8 Å². The third-order valence-corrected chi connectivity index (χ3v) is 2.76. The van der Waals surface area contributed by atoms with Crippen LogP contribution in [0.3, 0.4) is 0 Å². The lowest BCUT2D eigenvalue weighted by atomic mass is 10.1. The first-order chi connectivity index (χ1) is 10.4. The molecule has 0 saturated carbocycles. The Morgan fingerprint density at radius 2 is 1.41 bits per heavy atom. The predicted molar refractivity (Wildman–Crippen MR) is 83.3 cm³/mol. The van der Waals surface area contributed by atoms with Gasteiger partial charge in [-0.05, 0) is 27.9 Å². The Balaban J connectivity index is 0.000000745. The molecule has 1 heterocycles. The molecule has 0 aliphatic heterocycles. The summed E-state index contributed by atoms with van der Waals surface area (Å²) < 4.78 is 0. The van der Waals surface area contributed by atoms with Gasteiger partial charge in [0.15, 0.2) is 5.69 Å². The molecule has 0 amide bonds. The van der Waals surface area contributed by atoms with Gasteiger partial charge in [0.05, 0.1) is 11.4 Å². The molecule has 116 valence electrons. The number of carbonyl (C=O) groups is 2. The Morgan fingerprint density at radius 3 is 1.86 bits per heavy atom. The Bertz CT molecular complexity index is 670. The van der Waals surface area contributed by atoms with Crippen molar-refractivity contribution in [3.05, 3.63) is 58.7 Å². The van der Waals surface area contributed by atoms with Crippen molar-refractivity contribution in [3.8, 4) is 0 Å². The van der Waals surface area contributed by atoms with Gasteiger partial charge in [0.25, 0.3) is 0 Å². The van der Waals surface area contributed by atoms with Gasteiger partial charge in [0.2, 0.25) is 5.78 Å². The van der Waals surface area contributed by atoms with Crippen LogP contribution in [-0.4, -0.2) is 40.9 Å². The predicted octanol–water partition coefficient (Wildman–Crippen LogP) is 1.86. The highest BCUT2D eigenvalue weighted by molar-refractivity contribution is 6.12. The van der Waals surface area contributed by atoms with Crippen LogP contribution in [0.2, 0.25) is 0 Å². The average molecular weight is 301 g/mol. The van der Waals surface area contributed by atoms with E-state index in [4.69, 9.17) is 5.11 Å². The van der Waals surface area contributed by atoms with Crippen molar-refractivity contribution in [2.24, 2.45) is 0 Å². The molecular weight excluding hydrogens is 282 g/mol. The number of ketones is 1. The molecule has 0 aliphatic rings. The summed E-state index contributed by atoms with van der Waals surface area (Å²) in [5.74, 6) is -1.69. The second kappa shape index (κ2) is 7.99. The fourth-order valence-electron chi connectivity index (χ4n) is 1.64. The lowest BCUT2D eigenvalue weighted by Crippen LogP contribution is -2.16. The number of aryl methyl sites for hydroxylation is 2. The van der Waals surface area contributed by atoms with E-state index in [1.165, 1.54) is 0 Å². The molecule has 1 aromatic carbocycles. The van der Waals surface area contributed by atoms with Gasteiger partial charge in [-0.2, -0.15) is 0 Å². The maximum Gasteiger partial charge on any atom is 0.356 e. The second-order valence-electron chi connectivity index (χ2n) is 4.59. The molecule has 0 spiro atoms. The number of hydrogen-bond donors (Lipinski definition) is 2. The van der Waals surface area contributed by atoms with Gasteiger partial charge in [-0.25, -0.2) is 14.8 Å². The van der Waals surface area contributed by atoms with Gasteiger partial charge in [-0.3, -0.25) is 4.79 Å². The molecule has 1 aromatic heterocycles. The number of aromatic carboxylic acids is 1. The topological polar surface area (TPSA) is 92.2 Å². The van der Waals surface area contributed by atoms with Crippen molar-refractivity contribution in [2.45, 2.75) is 13.8 Å². The molecule has 6 heteroatoms. The molecule has 0 bridgehead atoms. The van der Waals surface area contributed by atoms with E-state index in [0.29, 0.717) is 17.0 Å². The third-order valence-electron chi connectivity index (χ3n) is 2.76. The van der Waals surface area contributed by atoms with Crippen molar-refractivity contribution >= 4 is 11.8 Å². The number of nitrogens with zero attached hydrogens (tertiary/aromatic N) is 2. The SMILES string of the molecule is CNC.Cc1nc(C(=O)O)c(C(=O)c2ccccc2)nc1C. The van der Waals surface area contributed by atoms with Gasteiger partial charge in [-0.15, -0.1) is 0 Å². The Labute approximate surface area is 129 Å². The number of benzene rings is 1. The van der Waals surface area contributed by atoms with Crippen LogP contribution in [0.25, 0.3) is 0 Å². The summed E-state index contributed by atoms with van der Waals surface area (Å²) in [4.78, 5) is 31.4. The van der Waals surface area contributed by atoms with Crippen LogP contribution in [0.4, 0.5) is 0 Å². The molecule has 0 radical (unpaired) electrons. The molecule has 0 atom stereocenters. The van der Waals surface area contributed by atoms with Crippen LogP contribution in [0, 0.1) is 13.8 Å². The van der Waals surface area contributed by atoms with E-state index in [2.05, 4.69) is 15.3 Å². The number of carboxylic acids is 1. The van der Waals surface area contributed by atoms with E-state index in [1.807, 2.05) is 14.1 Å². The zero-order valence-electron chi connectivity index (χ0n) is 13.0. The summed E-state index contributed by atoms with van der Waals surface area (Å²) >= 11 is 0. The van der Waals surface area contributed by atoms with E-state index in [1.54, 1.807) is 44.2 Å². The minimum absolute atomic E-state index is 0.123. The normalized spacial score (nSPS) is 9.64. The molecule has 2 aromatic rings. The molecule has 0 unspecified atom stereocenters. The van der Waals surface area contributed by atoms with Gasteiger partial charge >= 0.3 is 5.97 Å². The van der Waals surface area contributed by atoms with Crippen LogP contribution in [0.15, 0.2) is 30.3 Å². The third kappa shape index (κ3) is 4.20. The molecule has 2 rings (SSSR count). The minimum Gasteiger partial charge on any atom is -0.476 e. The van der Waals surface area contributed by atoms with Crippen molar-refractivity contribution in [2.75, 3.05) is 14.1 Å². The minimum atomic E-state index is -1.25. The van der Waals surface area contributed by atoms with Crippen molar-refractivity contribution in [3.63, 3.8) is 0 Å². The Morgan fingerprint density at radius 1 is 0.955 bits per heavy atom. The monoisotopic (exact) mass is 301 g/mol. The molecule has 2 N–H and O–H groups in total. The highest BCUT2D eigenvalue weighted by atomic mass is 16.4. The first kappa shape index (κ1) is 17.5. The first-order valence-electron chi connectivity index (χ1n) is 6.69. The zero-order chi connectivity index (χ0) is 16.7. The summed E-state index contributed by atoms with van der Waals surface area (Å²) in [6.45, 7) is 3.35. The van der Waals surface area contributed by atoms with Crippen LogP contribution in [0.1, 0.15) is 37.9 Å². The number of carboxylic acid groups (broad SMARTS) is 1. The van der Waals surface area contributed by atoms with E-state index in [0.717, 1.165) is 0 Å². The molecular formula is C16H19N3O3. The highest BCUT2D eigenvalue weighted by Crippen LogP contribution is 2.13. The average Bonchev–Trinajstić information content (AvgIpc) is 2.50. The zero-order valence-corrected chi connectivity index (χ0v) is 13.0. The Hall–Kier alpha value is -2.60. The van der Waals surface area contributed by atoms with Crippen molar-refractivity contribution in [1.82, 2.24) is 15.3 Å². The standard InChI is InChI=1S/C14H12N2O3.C2H7N/c1-8-9(2)16-12(14(18)19)11(15-8)13(17)10-6-4-3-5-7-10;1-3-2/h3-7H,1-2H3,(H,18,19);3H,1-2H3. The number of rotatable bonds is 3. The molecule has 0 aliphatic carbocycles. The van der Waals surface area contributed by atoms with E-state index in [-0.39, 0.29) is 11.4 Å². The van der Waals surface area contributed by atoms with Gasteiger partial charge in [0, 0.05) is 5.56 Å². The highest BCUT2D eigenvalue weighted by Gasteiger charge is 2.22. The summed E-state index contributed by atoms with van der Waals surface area (Å²) in [6, 6.07) is 8.43. The molecule has 0 fully saturated rings. The Kier molecular flexibility index (Phi) is 6.34. The van der Waals surface area contributed by atoms with E-state index >= 15 is 0 Å². The van der Waals surface area contributed by atoms with Crippen LogP contribution in [0.5, 0.6) is 0 Å². The first-order valence-corrected chi connectivity index (χ1v) is 6.69. The lowest BCUT2D eigenvalue weighted by Gasteiger charge is -2.07. The number of carbonyl (C=O) groups excluding carboxylic acids is 1. The second-order valence-corrected chi connectivity index (χ2v) is 4.59. The lowest BCUT2D eigenvalue weighted by molar-refractivity contribution is 0.0685.